The van der Waals surface area contributed by atoms with Crippen LogP contribution in [0.15, 0.2) is 35.4 Å². The van der Waals surface area contributed by atoms with Crippen molar-refractivity contribution in [3.8, 4) is 5.75 Å². The van der Waals surface area contributed by atoms with Crippen molar-refractivity contribution in [2.75, 3.05) is 49.3 Å². The third-order valence-electron chi connectivity index (χ3n) is 6.51. The van der Waals surface area contributed by atoms with Crippen LogP contribution in [0.3, 0.4) is 0 Å². The van der Waals surface area contributed by atoms with Crippen molar-refractivity contribution >= 4 is 35.3 Å². The first-order valence-electron chi connectivity index (χ1n) is 11.6. The summed E-state index contributed by atoms with van der Waals surface area (Å²) in [6, 6.07) is 6.45. The number of amides is 1. The summed E-state index contributed by atoms with van der Waals surface area (Å²) in [7, 11) is 1.62. The van der Waals surface area contributed by atoms with Gasteiger partial charge < -0.3 is 30.3 Å². The Morgan fingerprint density at radius 1 is 1.29 bits per heavy atom. The highest BCUT2D eigenvalue weighted by Gasteiger charge is 2.25. The molecule has 1 saturated heterocycles. The molecule has 3 N–H and O–H groups in total. The molecule has 0 aliphatic carbocycles. The van der Waals surface area contributed by atoms with Gasteiger partial charge in [-0.3, -0.25) is 9.78 Å². The number of nitrogens with one attached hydrogen (secondary N) is 2. The lowest BCUT2D eigenvalue weighted by atomic mass is 10.0. The Morgan fingerprint density at radius 3 is 2.97 bits per heavy atom. The maximum atomic E-state index is 11.6. The average molecular weight is 483 g/mol. The van der Waals surface area contributed by atoms with Gasteiger partial charge in [0.15, 0.2) is 0 Å². The largest absolute Gasteiger partial charge is 0.495 e. The molecule has 2 aromatic heterocycles. The first-order valence-corrected chi connectivity index (χ1v) is 12.6. The van der Waals surface area contributed by atoms with Gasteiger partial charge in [0.25, 0.3) is 0 Å². The Labute approximate surface area is 203 Å². The zero-order chi connectivity index (χ0) is 23.5. The Bertz CT molecular complexity index is 1070. The van der Waals surface area contributed by atoms with Crippen LogP contribution in [-0.4, -0.2) is 77.2 Å². The molecular formula is C24H30N6O3S. The van der Waals surface area contributed by atoms with E-state index in [1.807, 2.05) is 29.2 Å². The zero-order valence-electron chi connectivity index (χ0n) is 19.2. The van der Waals surface area contributed by atoms with E-state index in [1.54, 1.807) is 19.4 Å². The topological polar surface area (TPSA) is 103 Å². The fourth-order valence-electron chi connectivity index (χ4n) is 4.55. The summed E-state index contributed by atoms with van der Waals surface area (Å²) in [5.41, 5.74) is 2.69. The number of pyridine rings is 2. The van der Waals surface area contributed by atoms with Crippen LogP contribution in [0.5, 0.6) is 5.75 Å². The summed E-state index contributed by atoms with van der Waals surface area (Å²) in [6.45, 7) is 4.29. The smallest absolute Gasteiger partial charge is 0.235 e. The minimum atomic E-state index is -0.659. The number of ether oxygens (including phenoxy) is 1. The highest BCUT2D eigenvalue weighted by molar-refractivity contribution is 8.00. The molecule has 1 fully saturated rings. The van der Waals surface area contributed by atoms with Crippen LogP contribution in [-0.2, 0) is 11.3 Å². The van der Waals surface area contributed by atoms with Crippen LogP contribution in [0.25, 0.3) is 6.08 Å². The molecular weight excluding hydrogens is 452 g/mol. The maximum Gasteiger partial charge on any atom is 0.235 e. The molecule has 2 aromatic rings. The van der Waals surface area contributed by atoms with E-state index >= 15 is 0 Å². The molecule has 0 bridgehead atoms. The number of aliphatic hydroxyl groups excluding tert-OH is 1. The number of hydrogen-bond acceptors (Lipinski definition) is 9. The predicted molar refractivity (Wildman–Crippen MR) is 133 cm³/mol. The Morgan fingerprint density at radius 2 is 2.15 bits per heavy atom. The minimum absolute atomic E-state index is 0.00876. The summed E-state index contributed by atoms with van der Waals surface area (Å²) < 4.78 is 5.32. The van der Waals surface area contributed by atoms with Crippen molar-refractivity contribution < 1.29 is 14.6 Å². The quantitative estimate of drug-likeness (QED) is 0.546. The van der Waals surface area contributed by atoms with Crippen molar-refractivity contribution in [1.29, 1.82) is 0 Å². The van der Waals surface area contributed by atoms with Gasteiger partial charge in [-0.1, -0.05) is 0 Å². The maximum absolute atomic E-state index is 11.6. The number of methoxy groups -OCH3 is 1. The van der Waals surface area contributed by atoms with Crippen LogP contribution in [0.4, 0.5) is 11.5 Å². The molecule has 5 rings (SSSR count). The fraction of sp³-hybridized carbons (Fsp3) is 0.458. The first-order chi connectivity index (χ1) is 16.6. The van der Waals surface area contributed by atoms with E-state index in [-0.39, 0.29) is 5.91 Å². The number of rotatable bonds is 7. The highest BCUT2D eigenvalue weighted by atomic mass is 32.2. The second-order valence-corrected chi connectivity index (χ2v) is 9.75. The number of thioether (sulfide) groups is 1. The van der Waals surface area contributed by atoms with E-state index < -0.39 is 6.23 Å². The number of likely N-dealkylation sites (tertiary alicyclic amines) is 1. The Kier molecular flexibility index (Phi) is 7.00. The number of anilines is 2. The summed E-state index contributed by atoms with van der Waals surface area (Å²) in [6.07, 6.45) is 6.80. The van der Waals surface area contributed by atoms with Crippen molar-refractivity contribution in [3.05, 3.63) is 41.9 Å². The summed E-state index contributed by atoms with van der Waals surface area (Å²) in [5, 5.41) is 17.0. The number of carbonyl (C=O) groups is 1. The lowest BCUT2D eigenvalue weighted by molar-refractivity contribution is -0.113. The minimum Gasteiger partial charge on any atom is -0.495 e. The Hall–Kier alpha value is -2.66. The van der Waals surface area contributed by atoms with Gasteiger partial charge in [-0.25, -0.2) is 4.98 Å². The van der Waals surface area contributed by atoms with Crippen LogP contribution < -0.4 is 20.3 Å². The molecule has 3 aliphatic rings. The molecule has 9 nitrogen and oxygen atoms in total. The second kappa shape index (κ2) is 10.3. The molecule has 34 heavy (non-hydrogen) atoms. The molecule has 0 spiro atoms. The van der Waals surface area contributed by atoms with E-state index in [9.17, 15) is 9.90 Å². The lowest BCUT2D eigenvalue weighted by Crippen LogP contribution is -2.46. The molecule has 3 aliphatic heterocycles. The normalized spacial score (nSPS) is 20.6. The third-order valence-corrected chi connectivity index (χ3v) is 7.56. The predicted octanol–water partition coefficient (Wildman–Crippen LogP) is 1.94. The van der Waals surface area contributed by atoms with Crippen molar-refractivity contribution in [2.45, 2.75) is 36.6 Å². The molecule has 1 atom stereocenters. The van der Waals surface area contributed by atoms with E-state index in [1.165, 1.54) is 11.8 Å². The van der Waals surface area contributed by atoms with Crippen LogP contribution in [0.1, 0.15) is 24.2 Å². The molecule has 0 radical (unpaired) electrons. The van der Waals surface area contributed by atoms with Crippen molar-refractivity contribution in [3.63, 3.8) is 0 Å². The van der Waals surface area contributed by atoms with E-state index in [0.717, 1.165) is 54.4 Å². The molecule has 1 amide bonds. The number of aliphatic hydroxyl groups is 1. The van der Waals surface area contributed by atoms with Gasteiger partial charge in [-0.2, -0.15) is 0 Å². The van der Waals surface area contributed by atoms with Gasteiger partial charge in [0.05, 0.1) is 41.0 Å². The number of hydrogen-bond donors (Lipinski definition) is 3. The van der Waals surface area contributed by atoms with Gasteiger partial charge in [0.1, 0.15) is 17.8 Å². The zero-order valence-corrected chi connectivity index (χ0v) is 20.1. The van der Waals surface area contributed by atoms with Crippen LogP contribution in [0.2, 0.25) is 0 Å². The SMILES string of the molecule is COc1cnc2c(c1)N(CCN1CCC(NCc3ccc4c(n3)NC(=O)CS4)CC1)C(O)C=C2. The van der Waals surface area contributed by atoms with E-state index in [2.05, 4.69) is 25.5 Å². The standard InChI is InChI=1S/C24H30N6O3S/c1-33-18-12-20-19(26-14-18)3-5-23(32)30(20)11-10-29-8-6-16(7-9-29)25-13-17-2-4-21-24(27-17)28-22(31)15-34-21/h2-5,12,14,16,23,25,32H,6-11,13,15H2,1H3,(H,27,28,31). The molecule has 0 aromatic carbocycles. The molecule has 180 valence electrons. The molecule has 10 heteroatoms. The van der Waals surface area contributed by atoms with E-state index in [0.29, 0.717) is 36.5 Å². The monoisotopic (exact) mass is 482 g/mol. The van der Waals surface area contributed by atoms with Gasteiger partial charge in [0.2, 0.25) is 5.91 Å². The number of piperidine rings is 1. The fourth-order valence-corrected chi connectivity index (χ4v) is 5.31. The van der Waals surface area contributed by atoms with Crippen LogP contribution >= 0.6 is 11.8 Å². The Balaban J connectivity index is 1.10. The number of fused-ring (bicyclic) bond motifs is 2. The van der Waals surface area contributed by atoms with Crippen molar-refractivity contribution in [2.24, 2.45) is 0 Å². The number of nitrogens with zero attached hydrogens (tertiary/aromatic N) is 4. The number of carbonyl (C=O) groups excluding carboxylic acids is 1. The third kappa shape index (κ3) is 5.20. The van der Waals surface area contributed by atoms with E-state index in [4.69, 9.17) is 4.74 Å². The van der Waals surface area contributed by atoms with Crippen molar-refractivity contribution in [1.82, 2.24) is 20.2 Å². The van der Waals surface area contributed by atoms with Gasteiger partial charge in [-0.15, -0.1) is 11.8 Å². The van der Waals surface area contributed by atoms with Crippen LogP contribution in [0, 0.1) is 0 Å². The lowest BCUT2D eigenvalue weighted by Gasteiger charge is -2.36. The number of aromatic nitrogens is 2. The molecule has 0 saturated carbocycles. The average Bonchev–Trinajstić information content (AvgIpc) is 2.87. The summed E-state index contributed by atoms with van der Waals surface area (Å²) in [5.74, 6) is 1.83. The first kappa shape index (κ1) is 23.1. The summed E-state index contributed by atoms with van der Waals surface area (Å²) in [4.78, 5) is 26.1. The second-order valence-electron chi connectivity index (χ2n) is 8.73. The highest BCUT2D eigenvalue weighted by Crippen LogP contribution is 2.31. The summed E-state index contributed by atoms with van der Waals surface area (Å²) >= 11 is 1.53. The van der Waals surface area contributed by atoms with Gasteiger partial charge >= 0.3 is 0 Å². The molecule has 1 unspecified atom stereocenters. The molecule has 5 heterocycles. The van der Waals surface area contributed by atoms with Gasteiger partial charge in [-0.05, 0) is 50.2 Å². The van der Waals surface area contributed by atoms with Gasteiger partial charge in [0, 0.05) is 31.7 Å².